The molecule has 0 aromatic rings. The molecule has 134 valence electrons. The van der Waals surface area contributed by atoms with Gasteiger partial charge in [0.1, 0.15) is 0 Å². The maximum Gasteiger partial charge on any atom is 0.282 e. The van der Waals surface area contributed by atoms with Crippen LogP contribution in [0, 0.1) is 0 Å². The van der Waals surface area contributed by atoms with Crippen molar-refractivity contribution in [2.75, 3.05) is 37.7 Å². The van der Waals surface area contributed by atoms with Gasteiger partial charge in [0.2, 0.25) is 5.91 Å². The van der Waals surface area contributed by atoms with Gasteiger partial charge in [-0.25, -0.2) is 8.42 Å². The SMILES string of the molecule is CCN(CC(=O)N[C@@H]1CCS(=O)(=O)C1)S(=O)(=O)N1CCCCC1. The molecule has 8 nitrogen and oxygen atoms in total. The van der Waals surface area contributed by atoms with E-state index in [4.69, 9.17) is 0 Å². The topological polar surface area (TPSA) is 104 Å². The Morgan fingerprint density at radius 1 is 1.26 bits per heavy atom. The van der Waals surface area contributed by atoms with E-state index in [0.29, 0.717) is 19.5 Å². The lowest BCUT2D eigenvalue weighted by atomic mass is 10.2. The van der Waals surface area contributed by atoms with E-state index in [1.165, 1.54) is 4.31 Å². The van der Waals surface area contributed by atoms with Crippen LogP contribution in [-0.2, 0) is 24.8 Å². The summed E-state index contributed by atoms with van der Waals surface area (Å²) in [5, 5.41) is 2.63. The zero-order valence-corrected chi connectivity index (χ0v) is 15.0. The van der Waals surface area contributed by atoms with Crippen LogP contribution in [0.15, 0.2) is 0 Å². The van der Waals surface area contributed by atoms with E-state index in [1.54, 1.807) is 6.92 Å². The summed E-state index contributed by atoms with van der Waals surface area (Å²) in [4.78, 5) is 12.1. The third kappa shape index (κ3) is 4.88. The number of likely N-dealkylation sites (N-methyl/N-ethyl adjacent to an activating group) is 1. The molecular weight excluding hydrogens is 342 g/mol. The first kappa shape index (κ1) is 18.6. The number of hydrogen-bond acceptors (Lipinski definition) is 5. The number of nitrogens with zero attached hydrogens (tertiary/aromatic N) is 2. The summed E-state index contributed by atoms with van der Waals surface area (Å²) in [5.74, 6) is -0.444. The molecule has 1 amide bonds. The van der Waals surface area contributed by atoms with E-state index in [9.17, 15) is 21.6 Å². The smallest absolute Gasteiger partial charge is 0.282 e. The fourth-order valence-electron chi connectivity index (χ4n) is 2.96. The highest BCUT2D eigenvalue weighted by Crippen LogP contribution is 2.16. The predicted octanol–water partition coefficient (Wildman–Crippen LogP) is -0.658. The molecule has 0 bridgehead atoms. The Morgan fingerprint density at radius 3 is 2.43 bits per heavy atom. The summed E-state index contributed by atoms with van der Waals surface area (Å²) in [6.07, 6.45) is 3.08. The molecule has 0 unspecified atom stereocenters. The Kier molecular flexibility index (Phi) is 6.04. The van der Waals surface area contributed by atoms with Gasteiger partial charge < -0.3 is 5.32 Å². The summed E-state index contributed by atoms with van der Waals surface area (Å²) < 4.78 is 50.5. The first-order valence-electron chi connectivity index (χ1n) is 7.99. The van der Waals surface area contributed by atoms with Gasteiger partial charge in [-0.3, -0.25) is 4.79 Å². The van der Waals surface area contributed by atoms with Crippen molar-refractivity contribution >= 4 is 26.0 Å². The normalized spacial score (nSPS) is 25.6. The number of amides is 1. The van der Waals surface area contributed by atoms with Crippen LogP contribution >= 0.6 is 0 Å². The predicted molar refractivity (Wildman–Crippen MR) is 86.8 cm³/mol. The summed E-state index contributed by atoms with van der Waals surface area (Å²) >= 11 is 0. The van der Waals surface area contributed by atoms with Crippen molar-refractivity contribution in [3.8, 4) is 0 Å². The highest BCUT2D eigenvalue weighted by Gasteiger charge is 2.33. The van der Waals surface area contributed by atoms with Crippen LogP contribution < -0.4 is 5.32 Å². The van der Waals surface area contributed by atoms with Crippen LogP contribution in [0.5, 0.6) is 0 Å². The summed E-state index contributed by atoms with van der Waals surface area (Å²) in [7, 11) is -6.71. The summed E-state index contributed by atoms with van der Waals surface area (Å²) in [5.41, 5.74) is 0. The lowest BCUT2D eigenvalue weighted by molar-refractivity contribution is -0.121. The second kappa shape index (κ2) is 7.45. The molecule has 0 aliphatic carbocycles. The van der Waals surface area contributed by atoms with Crippen LogP contribution in [0.2, 0.25) is 0 Å². The minimum absolute atomic E-state index is 0.0657. The molecule has 2 rings (SSSR count). The molecule has 0 aromatic carbocycles. The fourth-order valence-corrected chi connectivity index (χ4v) is 6.28. The van der Waals surface area contributed by atoms with Crippen molar-refractivity contribution in [1.29, 1.82) is 0 Å². The van der Waals surface area contributed by atoms with Gasteiger partial charge in [-0.2, -0.15) is 17.0 Å². The van der Waals surface area contributed by atoms with E-state index < -0.39 is 32.0 Å². The lowest BCUT2D eigenvalue weighted by Crippen LogP contribution is -2.50. The van der Waals surface area contributed by atoms with Gasteiger partial charge in [0, 0.05) is 25.7 Å². The fraction of sp³-hybridized carbons (Fsp3) is 0.923. The van der Waals surface area contributed by atoms with Crippen LogP contribution in [0.1, 0.15) is 32.6 Å². The maximum absolute atomic E-state index is 12.6. The molecule has 0 radical (unpaired) electrons. The molecule has 2 fully saturated rings. The van der Waals surface area contributed by atoms with Gasteiger partial charge in [-0.05, 0) is 19.3 Å². The average molecular weight is 367 g/mol. The number of carbonyl (C=O) groups is 1. The molecule has 2 heterocycles. The Balaban J connectivity index is 1.94. The van der Waals surface area contributed by atoms with Crippen LogP contribution in [0.3, 0.4) is 0 Å². The molecule has 0 spiro atoms. The minimum atomic E-state index is -3.64. The molecule has 10 heteroatoms. The van der Waals surface area contributed by atoms with Gasteiger partial charge in [0.05, 0.1) is 18.1 Å². The van der Waals surface area contributed by atoms with E-state index >= 15 is 0 Å². The Labute approximate surface area is 138 Å². The molecule has 0 saturated carbocycles. The Hall–Kier alpha value is -0.710. The second-order valence-corrected chi connectivity index (χ2v) is 10.2. The van der Waals surface area contributed by atoms with Gasteiger partial charge in [-0.15, -0.1) is 0 Å². The number of sulfone groups is 1. The molecule has 0 aromatic heterocycles. The average Bonchev–Trinajstić information content (AvgIpc) is 2.84. The second-order valence-electron chi connectivity index (χ2n) is 6.06. The molecule has 2 aliphatic rings. The summed E-state index contributed by atoms with van der Waals surface area (Å²) in [6.45, 7) is 2.60. The van der Waals surface area contributed by atoms with Crippen molar-refractivity contribution < 1.29 is 21.6 Å². The van der Waals surface area contributed by atoms with Crippen molar-refractivity contribution in [2.45, 2.75) is 38.6 Å². The number of rotatable bonds is 6. The van der Waals surface area contributed by atoms with Crippen LogP contribution in [-0.4, -0.2) is 75.1 Å². The van der Waals surface area contributed by atoms with Gasteiger partial charge >= 0.3 is 0 Å². The van der Waals surface area contributed by atoms with E-state index in [0.717, 1.165) is 23.6 Å². The third-order valence-corrected chi connectivity index (χ3v) is 8.06. The highest BCUT2D eigenvalue weighted by molar-refractivity contribution is 7.91. The monoisotopic (exact) mass is 367 g/mol. The van der Waals surface area contributed by atoms with Crippen molar-refractivity contribution in [3.63, 3.8) is 0 Å². The number of piperidine rings is 1. The first-order valence-corrected chi connectivity index (χ1v) is 11.2. The van der Waals surface area contributed by atoms with Gasteiger partial charge in [0.25, 0.3) is 10.2 Å². The summed E-state index contributed by atoms with van der Waals surface area (Å²) in [6, 6.07) is -0.413. The van der Waals surface area contributed by atoms with Crippen LogP contribution in [0.4, 0.5) is 0 Å². The number of hydrogen-bond donors (Lipinski definition) is 1. The van der Waals surface area contributed by atoms with Gasteiger partial charge in [-0.1, -0.05) is 13.3 Å². The zero-order valence-electron chi connectivity index (χ0n) is 13.4. The molecular formula is C13H25N3O5S2. The molecule has 2 saturated heterocycles. The Morgan fingerprint density at radius 2 is 1.91 bits per heavy atom. The molecule has 1 atom stereocenters. The highest BCUT2D eigenvalue weighted by atomic mass is 32.2. The third-order valence-electron chi connectivity index (χ3n) is 4.24. The van der Waals surface area contributed by atoms with E-state index in [-0.39, 0.29) is 24.6 Å². The van der Waals surface area contributed by atoms with Crippen LogP contribution in [0.25, 0.3) is 0 Å². The van der Waals surface area contributed by atoms with Gasteiger partial charge in [0.15, 0.2) is 9.84 Å². The quantitative estimate of drug-likeness (QED) is 0.671. The van der Waals surface area contributed by atoms with E-state index in [1.807, 2.05) is 0 Å². The Bertz CT molecular complexity index is 626. The first-order chi connectivity index (χ1) is 10.7. The number of nitrogens with one attached hydrogen (secondary N) is 1. The lowest BCUT2D eigenvalue weighted by Gasteiger charge is -2.31. The molecule has 1 N–H and O–H groups in total. The van der Waals surface area contributed by atoms with Crippen molar-refractivity contribution in [1.82, 2.24) is 13.9 Å². The van der Waals surface area contributed by atoms with Crippen molar-refractivity contribution in [2.24, 2.45) is 0 Å². The zero-order chi connectivity index (χ0) is 17.1. The van der Waals surface area contributed by atoms with Crippen molar-refractivity contribution in [3.05, 3.63) is 0 Å². The minimum Gasteiger partial charge on any atom is -0.351 e. The van der Waals surface area contributed by atoms with E-state index in [2.05, 4.69) is 5.32 Å². The standard InChI is InChI=1S/C13H25N3O5S2/c1-2-15(23(20,21)16-7-4-3-5-8-16)10-13(17)14-12-6-9-22(18,19)11-12/h12H,2-11H2,1H3,(H,14,17)/t12-/m1/s1. The molecule has 2 aliphatic heterocycles. The largest absolute Gasteiger partial charge is 0.351 e. The maximum atomic E-state index is 12.6. The molecule has 23 heavy (non-hydrogen) atoms. The number of carbonyl (C=O) groups excluding carboxylic acids is 1.